The van der Waals surface area contributed by atoms with Crippen LogP contribution in [0.25, 0.3) is 0 Å². The van der Waals surface area contributed by atoms with E-state index in [1.807, 2.05) is 24.3 Å². The van der Waals surface area contributed by atoms with Gasteiger partial charge in [-0.3, -0.25) is 4.79 Å². The van der Waals surface area contributed by atoms with E-state index in [1.54, 1.807) is 30.3 Å². The third-order valence-corrected chi connectivity index (χ3v) is 7.99. The lowest BCUT2D eigenvalue weighted by molar-refractivity contribution is -0.127. The SMILES string of the molecule is O=C(N[C@H](c1ccc(Cl)cc1)C1CC1)C1CCN(S(=O)(=O)c2ccccc2)CC1. The first-order valence-electron chi connectivity index (χ1n) is 10.1. The summed E-state index contributed by atoms with van der Waals surface area (Å²) in [7, 11) is -3.50. The van der Waals surface area contributed by atoms with Crippen LogP contribution in [-0.2, 0) is 14.8 Å². The van der Waals surface area contributed by atoms with E-state index in [0.29, 0.717) is 41.8 Å². The molecule has 2 aromatic rings. The van der Waals surface area contributed by atoms with Crippen LogP contribution in [0.4, 0.5) is 0 Å². The van der Waals surface area contributed by atoms with Gasteiger partial charge in [-0.15, -0.1) is 0 Å². The van der Waals surface area contributed by atoms with Crippen molar-refractivity contribution in [2.24, 2.45) is 11.8 Å². The minimum absolute atomic E-state index is 0.00541. The zero-order valence-corrected chi connectivity index (χ0v) is 17.7. The summed E-state index contributed by atoms with van der Waals surface area (Å²) in [5.41, 5.74) is 1.08. The fraction of sp³-hybridized carbons (Fsp3) is 0.409. The van der Waals surface area contributed by atoms with E-state index >= 15 is 0 Å². The average Bonchev–Trinajstić information content (AvgIpc) is 3.58. The highest BCUT2D eigenvalue weighted by Crippen LogP contribution is 2.41. The van der Waals surface area contributed by atoms with Crippen molar-refractivity contribution in [3.63, 3.8) is 0 Å². The molecule has 0 unspecified atom stereocenters. The number of rotatable bonds is 6. The highest BCUT2D eigenvalue weighted by molar-refractivity contribution is 7.89. The maximum absolute atomic E-state index is 12.9. The number of carbonyl (C=O) groups is 1. The van der Waals surface area contributed by atoms with Crippen LogP contribution in [0, 0.1) is 11.8 Å². The van der Waals surface area contributed by atoms with Crippen molar-refractivity contribution >= 4 is 27.5 Å². The largest absolute Gasteiger partial charge is 0.349 e. The zero-order valence-electron chi connectivity index (χ0n) is 16.1. The zero-order chi connectivity index (χ0) is 20.4. The van der Waals surface area contributed by atoms with Gasteiger partial charge in [0.15, 0.2) is 0 Å². The van der Waals surface area contributed by atoms with Crippen LogP contribution < -0.4 is 5.32 Å². The maximum Gasteiger partial charge on any atom is 0.243 e. The molecule has 1 atom stereocenters. The molecule has 1 heterocycles. The lowest BCUT2D eigenvalue weighted by Gasteiger charge is -2.31. The first-order valence-corrected chi connectivity index (χ1v) is 11.9. The van der Waals surface area contributed by atoms with Gasteiger partial charge in [-0.25, -0.2) is 8.42 Å². The minimum atomic E-state index is -3.50. The Balaban J connectivity index is 1.38. The summed E-state index contributed by atoms with van der Waals surface area (Å²) in [6, 6.07) is 16.1. The van der Waals surface area contributed by atoms with Crippen molar-refractivity contribution in [1.82, 2.24) is 9.62 Å². The molecule has 2 fully saturated rings. The van der Waals surface area contributed by atoms with E-state index in [1.165, 1.54) is 4.31 Å². The Morgan fingerprint density at radius 2 is 1.59 bits per heavy atom. The molecule has 1 N–H and O–H groups in total. The van der Waals surface area contributed by atoms with Crippen molar-refractivity contribution in [3.05, 3.63) is 65.2 Å². The van der Waals surface area contributed by atoms with Crippen LogP contribution in [0.3, 0.4) is 0 Å². The van der Waals surface area contributed by atoms with E-state index in [2.05, 4.69) is 5.32 Å². The van der Waals surface area contributed by atoms with Gasteiger partial charge < -0.3 is 5.32 Å². The maximum atomic E-state index is 12.9. The highest BCUT2D eigenvalue weighted by atomic mass is 35.5. The summed E-state index contributed by atoms with van der Waals surface area (Å²) in [5, 5.41) is 3.90. The van der Waals surface area contributed by atoms with Crippen LogP contribution >= 0.6 is 11.6 Å². The Bertz CT molecular complexity index is 951. The third kappa shape index (κ3) is 4.65. The summed E-state index contributed by atoms with van der Waals surface area (Å²) in [6.45, 7) is 0.731. The highest BCUT2D eigenvalue weighted by Gasteiger charge is 2.36. The molecule has 29 heavy (non-hydrogen) atoms. The van der Waals surface area contributed by atoms with E-state index < -0.39 is 10.0 Å². The molecule has 7 heteroatoms. The molecule has 1 saturated carbocycles. The number of carbonyl (C=O) groups excluding carboxylic acids is 1. The van der Waals surface area contributed by atoms with E-state index in [-0.39, 0.29) is 17.9 Å². The molecule has 1 saturated heterocycles. The van der Waals surface area contributed by atoms with E-state index in [4.69, 9.17) is 11.6 Å². The summed E-state index contributed by atoms with van der Waals surface area (Å²) in [4.78, 5) is 13.2. The molecule has 2 aliphatic rings. The molecule has 4 rings (SSSR count). The van der Waals surface area contributed by atoms with Crippen molar-refractivity contribution in [3.8, 4) is 0 Å². The van der Waals surface area contributed by atoms with Crippen LogP contribution in [-0.4, -0.2) is 31.7 Å². The Labute approximate surface area is 177 Å². The van der Waals surface area contributed by atoms with Crippen molar-refractivity contribution < 1.29 is 13.2 Å². The predicted octanol–water partition coefficient (Wildman–Crippen LogP) is 4.01. The second-order valence-electron chi connectivity index (χ2n) is 7.87. The Morgan fingerprint density at radius 1 is 0.966 bits per heavy atom. The summed E-state index contributed by atoms with van der Waals surface area (Å²) >= 11 is 5.99. The van der Waals surface area contributed by atoms with E-state index in [9.17, 15) is 13.2 Å². The lowest BCUT2D eigenvalue weighted by Crippen LogP contribution is -2.43. The number of hydrogen-bond acceptors (Lipinski definition) is 3. The first-order chi connectivity index (χ1) is 13.9. The van der Waals surface area contributed by atoms with Gasteiger partial charge in [0.25, 0.3) is 0 Å². The van der Waals surface area contributed by atoms with Crippen LogP contribution in [0.1, 0.15) is 37.3 Å². The number of nitrogens with one attached hydrogen (secondary N) is 1. The van der Waals surface area contributed by atoms with Gasteiger partial charge in [0, 0.05) is 24.0 Å². The van der Waals surface area contributed by atoms with Crippen LogP contribution in [0.2, 0.25) is 5.02 Å². The quantitative estimate of drug-likeness (QED) is 0.749. The molecule has 1 amide bonds. The molecule has 154 valence electrons. The molecule has 0 radical (unpaired) electrons. The van der Waals surface area contributed by atoms with Gasteiger partial charge in [0.05, 0.1) is 10.9 Å². The van der Waals surface area contributed by atoms with Gasteiger partial charge >= 0.3 is 0 Å². The standard InChI is InChI=1S/C22H25ClN2O3S/c23-19-10-8-17(9-11-19)21(16-6-7-16)24-22(26)18-12-14-25(15-13-18)29(27,28)20-4-2-1-3-5-20/h1-5,8-11,16,18,21H,6-7,12-15H2,(H,24,26)/t21-/m0/s1. The van der Waals surface area contributed by atoms with Crippen LogP contribution in [0.5, 0.6) is 0 Å². The van der Waals surface area contributed by atoms with Gasteiger partial charge in [0.1, 0.15) is 0 Å². The molecular formula is C22H25ClN2O3S. The molecule has 0 bridgehead atoms. The molecule has 2 aromatic carbocycles. The summed E-state index contributed by atoms with van der Waals surface area (Å²) < 4.78 is 27.0. The Morgan fingerprint density at radius 3 is 2.17 bits per heavy atom. The molecule has 1 aliphatic heterocycles. The first kappa shape index (κ1) is 20.4. The number of nitrogens with zero attached hydrogens (tertiary/aromatic N) is 1. The molecule has 5 nitrogen and oxygen atoms in total. The number of piperidine rings is 1. The number of sulfonamides is 1. The normalized spacial score (nSPS) is 19.6. The van der Waals surface area contributed by atoms with Gasteiger partial charge in [-0.1, -0.05) is 41.9 Å². The van der Waals surface area contributed by atoms with Crippen molar-refractivity contribution in [2.45, 2.75) is 36.6 Å². The number of hydrogen-bond donors (Lipinski definition) is 1. The average molecular weight is 433 g/mol. The molecular weight excluding hydrogens is 408 g/mol. The fourth-order valence-electron chi connectivity index (χ4n) is 3.94. The second-order valence-corrected chi connectivity index (χ2v) is 10.2. The summed E-state index contributed by atoms with van der Waals surface area (Å²) in [6.07, 6.45) is 3.30. The number of benzene rings is 2. The monoisotopic (exact) mass is 432 g/mol. The predicted molar refractivity (Wildman–Crippen MR) is 113 cm³/mol. The minimum Gasteiger partial charge on any atom is -0.349 e. The van der Waals surface area contributed by atoms with Crippen molar-refractivity contribution in [1.29, 1.82) is 0 Å². The Kier molecular flexibility index (Phi) is 5.95. The number of halogens is 1. The van der Waals surface area contributed by atoms with Crippen LogP contribution in [0.15, 0.2) is 59.5 Å². The second kappa shape index (κ2) is 8.46. The van der Waals surface area contributed by atoms with Gasteiger partial charge in [0.2, 0.25) is 15.9 Å². The number of amides is 1. The third-order valence-electron chi connectivity index (χ3n) is 5.83. The van der Waals surface area contributed by atoms with E-state index in [0.717, 1.165) is 18.4 Å². The van der Waals surface area contributed by atoms with Gasteiger partial charge in [-0.2, -0.15) is 4.31 Å². The smallest absolute Gasteiger partial charge is 0.243 e. The van der Waals surface area contributed by atoms with Crippen molar-refractivity contribution in [2.75, 3.05) is 13.1 Å². The molecule has 0 aromatic heterocycles. The topological polar surface area (TPSA) is 66.5 Å². The molecule has 1 aliphatic carbocycles. The molecule has 0 spiro atoms. The Hall–Kier alpha value is -1.89. The fourth-order valence-corrected chi connectivity index (χ4v) is 5.56. The summed E-state index contributed by atoms with van der Waals surface area (Å²) in [5.74, 6) is 0.332. The van der Waals surface area contributed by atoms with Gasteiger partial charge in [-0.05, 0) is 61.4 Å². The lowest BCUT2D eigenvalue weighted by atomic mass is 9.95.